The van der Waals surface area contributed by atoms with Crippen LogP contribution in [0.1, 0.15) is 37.8 Å². The average molecular weight is 251 g/mol. The number of aryl methyl sites for hydroxylation is 1. The number of carboxylic acids is 1. The quantitative estimate of drug-likeness (QED) is 0.833. The first-order chi connectivity index (χ1) is 8.58. The molecular weight excluding hydrogens is 230 g/mol. The lowest BCUT2D eigenvalue weighted by Gasteiger charge is -2.19. The van der Waals surface area contributed by atoms with Crippen molar-refractivity contribution in [1.29, 1.82) is 0 Å². The van der Waals surface area contributed by atoms with Crippen LogP contribution in [0.3, 0.4) is 0 Å². The maximum atomic E-state index is 11.1. The summed E-state index contributed by atoms with van der Waals surface area (Å²) in [6, 6.07) is 0.216. The van der Waals surface area contributed by atoms with Crippen molar-refractivity contribution < 1.29 is 9.90 Å². The van der Waals surface area contributed by atoms with E-state index < -0.39 is 5.97 Å². The third-order valence-corrected chi connectivity index (χ3v) is 3.89. The number of nitrogens with zero attached hydrogens (tertiary/aromatic N) is 2. The van der Waals surface area contributed by atoms with Gasteiger partial charge in [0.15, 0.2) is 0 Å². The lowest BCUT2D eigenvalue weighted by molar-refractivity contribution is -0.142. The molecule has 0 saturated heterocycles. The molecule has 1 saturated carbocycles. The summed E-state index contributed by atoms with van der Waals surface area (Å²) < 4.78 is 1.78. The van der Waals surface area contributed by atoms with Gasteiger partial charge < -0.3 is 10.4 Å². The molecule has 18 heavy (non-hydrogen) atoms. The second kappa shape index (κ2) is 5.52. The highest BCUT2D eigenvalue weighted by molar-refractivity contribution is 5.70. The van der Waals surface area contributed by atoms with Crippen LogP contribution in [-0.4, -0.2) is 27.4 Å². The lowest BCUT2D eigenvalue weighted by Crippen LogP contribution is -2.30. The Morgan fingerprint density at radius 1 is 1.67 bits per heavy atom. The van der Waals surface area contributed by atoms with E-state index in [4.69, 9.17) is 5.11 Å². The lowest BCUT2D eigenvalue weighted by atomic mass is 9.96. The number of nitrogens with one attached hydrogen (secondary N) is 1. The first kappa shape index (κ1) is 13.1. The zero-order chi connectivity index (χ0) is 13.1. The van der Waals surface area contributed by atoms with Crippen molar-refractivity contribution in [2.24, 2.45) is 18.9 Å². The van der Waals surface area contributed by atoms with Gasteiger partial charge in [0.05, 0.1) is 12.1 Å². The van der Waals surface area contributed by atoms with Crippen LogP contribution in [0, 0.1) is 11.8 Å². The summed E-state index contributed by atoms with van der Waals surface area (Å²) >= 11 is 0. The van der Waals surface area contributed by atoms with E-state index in [1.54, 1.807) is 4.68 Å². The predicted octanol–water partition coefficient (Wildman–Crippen LogP) is 1.57. The zero-order valence-corrected chi connectivity index (χ0v) is 11.0. The summed E-state index contributed by atoms with van der Waals surface area (Å²) in [6.45, 7) is 2.86. The maximum absolute atomic E-state index is 11.1. The van der Waals surface area contributed by atoms with Crippen molar-refractivity contribution in [2.75, 3.05) is 6.54 Å². The number of hydrogen-bond donors (Lipinski definition) is 2. The molecule has 1 heterocycles. The third-order valence-electron chi connectivity index (χ3n) is 3.89. The summed E-state index contributed by atoms with van der Waals surface area (Å²) in [5, 5.41) is 16.7. The van der Waals surface area contributed by atoms with Crippen LogP contribution in [0.15, 0.2) is 12.4 Å². The predicted molar refractivity (Wildman–Crippen MR) is 68.1 cm³/mol. The molecule has 3 unspecified atom stereocenters. The number of aromatic nitrogens is 2. The molecule has 2 rings (SSSR count). The molecule has 2 N–H and O–H groups in total. The minimum atomic E-state index is -0.645. The van der Waals surface area contributed by atoms with Crippen LogP contribution in [0.4, 0.5) is 0 Å². The van der Waals surface area contributed by atoms with E-state index >= 15 is 0 Å². The number of carboxylic acid groups (broad SMARTS) is 1. The summed E-state index contributed by atoms with van der Waals surface area (Å²) in [5.41, 5.74) is 1.14. The molecule has 100 valence electrons. The summed E-state index contributed by atoms with van der Waals surface area (Å²) in [6.07, 6.45) is 6.71. The van der Waals surface area contributed by atoms with E-state index in [0.29, 0.717) is 0 Å². The van der Waals surface area contributed by atoms with Crippen molar-refractivity contribution in [3.05, 3.63) is 18.0 Å². The smallest absolute Gasteiger partial charge is 0.306 e. The largest absolute Gasteiger partial charge is 0.481 e. The number of rotatable bonds is 5. The summed E-state index contributed by atoms with van der Waals surface area (Å²) in [7, 11) is 1.90. The van der Waals surface area contributed by atoms with Crippen LogP contribution in [0.25, 0.3) is 0 Å². The normalized spacial score (nSPS) is 25.2. The van der Waals surface area contributed by atoms with Crippen LogP contribution in [-0.2, 0) is 11.8 Å². The molecule has 1 aliphatic carbocycles. The molecule has 1 aliphatic rings. The van der Waals surface area contributed by atoms with Crippen LogP contribution >= 0.6 is 0 Å². The number of carbonyl (C=O) groups is 1. The highest BCUT2D eigenvalue weighted by Gasteiger charge is 2.32. The summed E-state index contributed by atoms with van der Waals surface area (Å²) in [4.78, 5) is 11.1. The Labute approximate surface area is 107 Å². The first-order valence-corrected chi connectivity index (χ1v) is 6.52. The fourth-order valence-corrected chi connectivity index (χ4v) is 2.72. The molecule has 0 spiro atoms. The molecule has 5 nitrogen and oxygen atoms in total. The fourth-order valence-electron chi connectivity index (χ4n) is 2.72. The van der Waals surface area contributed by atoms with Crippen molar-refractivity contribution in [1.82, 2.24) is 15.1 Å². The van der Waals surface area contributed by atoms with E-state index in [1.165, 1.54) is 0 Å². The topological polar surface area (TPSA) is 67.2 Å². The van der Waals surface area contributed by atoms with Crippen molar-refractivity contribution in [2.45, 2.75) is 32.2 Å². The molecular formula is C13H21N3O2. The molecule has 0 amide bonds. The molecule has 1 fully saturated rings. The fraction of sp³-hybridized carbons (Fsp3) is 0.692. The molecule has 5 heteroatoms. The number of aliphatic carboxylic acids is 1. The van der Waals surface area contributed by atoms with Gasteiger partial charge in [0.1, 0.15) is 0 Å². The monoisotopic (exact) mass is 251 g/mol. The molecule has 1 aromatic heterocycles. The van der Waals surface area contributed by atoms with Gasteiger partial charge in [0.25, 0.3) is 0 Å². The van der Waals surface area contributed by atoms with Gasteiger partial charge in [-0.2, -0.15) is 5.10 Å². The first-order valence-electron chi connectivity index (χ1n) is 6.52. The molecule has 0 aliphatic heterocycles. The van der Waals surface area contributed by atoms with Gasteiger partial charge in [-0.25, -0.2) is 0 Å². The van der Waals surface area contributed by atoms with Gasteiger partial charge >= 0.3 is 5.97 Å². The Morgan fingerprint density at radius 3 is 3.06 bits per heavy atom. The van der Waals surface area contributed by atoms with E-state index in [2.05, 4.69) is 17.3 Å². The average Bonchev–Trinajstić information content (AvgIpc) is 2.94. The van der Waals surface area contributed by atoms with Gasteiger partial charge in [-0.05, 0) is 32.2 Å². The zero-order valence-electron chi connectivity index (χ0n) is 11.0. The van der Waals surface area contributed by atoms with E-state index in [0.717, 1.165) is 31.4 Å². The van der Waals surface area contributed by atoms with E-state index in [1.807, 2.05) is 19.4 Å². The molecule has 0 aromatic carbocycles. The van der Waals surface area contributed by atoms with Crippen LogP contribution in [0.5, 0.6) is 0 Å². The minimum absolute atomic E-state index is 0.168. The highest BCUT2D eigenvalue weighted by Crippen LogP contribution is 2.31. The van der Waals surface area contributed by atoms with Crippen LogP contribution in [0.2, 0.25) is 0 Å². The molecule has 0 bridgehead atoms. The van der Waals surface area contributed by atoms with Crippen molar-refractivity contribution in [3.63, 3.8) is 0 Å². The Morgan fingerprint density at radius 2 is 2.44 bits per heavy atom. The third kappa shape index (κ3) is 2.90. The van der Waals surface area contributed by atoms with Crippen molar-refractivity contribution >= 4 is 5.97 Å². The standard InChI is InChI=1S/C13H21N3O2/c1-9(11-7-15-16(2)8-11)14-6-10-4-3-5-12(10)13(17)18/h7-10,12,14H,3-6H2,1-2H3,(H,17,18). The maximum Gasteiger partial charge on any atom is 0.306 e. The number of hydrogen-bond acceptors (Lipinski definition) is 3. The van der Waals surface area contributed by atoms with Gasteiger partial charge in [0.2, 0.25) is 0 Å². The Hall–Kier alpha value is -1.36. The molecule has 3 atom stereocenters. The Balaban J connectivity index is 1.86. The van der Waals surface area contributed by atoms with E-state index in [9.17, 15) is 4.79 Å². The van der Waals surface area contributed by atoms with Gasteiger partial charge in [-0.1, -0.05) is 6.42 Å². The second-order valence-corrected chi connectivity index (χ2v) is 5.21. The van der Waals surface area contributed by atoms with Crippen LogP contribution < -0.4 is 5.32 Å². The van der Waals surface area contributed by atoms with Gasteiger partial charge in [0, 0.05) is 24.8 Å². The van der Waals surface area contributed by atoms with Gasteiger partial charge in [-0.15, -0.1) is 0 Å². The van der Waals surface area contributed by atoms with E-state index in [-0.39, 0.29) is 17.9 Å². The highest BCUT2D eigenvalue weighted by atomic mass is 16.4. The summed E-state index contributed by atoms with van der Waals surface area (Å²) in [5.74, 6) is -0.548. The SMILES string of the molecule is CC(NCC1CCCC1C(=O)O)c1cnn(C)c1. The van der Waals surface area contributed by atoms with Crippen molar-refractivity contribution in [3.8, 4) is 0 Å². The molecule has 1 aromatic rings. The molecule has 0 radical (unpaired) electrons. The second-order valence-electron chi connectivity index (χ2n) is 5.21. The Kier molecular flexibility index (Phi) is 4.01. The Bertz CT molecular complexity index is 416. The minimum Gasteiger partial charge on any atom is -0.481 e. The van der Waals surface area contributed by atoms with Gasteiger partial charge in [-0.3, -0.25) is 9.48 Å².